The molecule has 0 N–H and O–H groups in total. The largest absolute Gasteiger partial charge is 0.306 e. The first-order valence-corrected chi connectivity index (χ1v) is 7.20. The van der Waals surface area contributed by atoms with E-state index in [1.54, 1.807) is 6.20 Å². The Bertz CT molecular complexity index is 577. The van der Waals surface area contributed by atoms with Gasteiger partial charge >= 0.3 is 0 Å². The predicted molar refractivity (Wildman–Crippen MR) is 78.2 cm³/mol. The highest BCUT2D eigenvalue weighted by atomic mass is 15.3. The molecule has 5 heteroatoms. The van der Waals surface area contributed by atoms with Gasteiger partial charge in [0.05, 0.1) is 17.6 Å². The van der Waals surface area contributed by atoms with Crippen molar-refractivity contribution in [3.05, 3.63) is 30.4 Å². The fourth-order valence-electron chi connectivity index (χ4n) is 2.99. The van der Waals surface area contributed by atoms with Gasteiger partial charge in [-0.15, -0.1) is 0 Å². The quantitative estimate of drug-likeness (QED) is 0.853. The van der Waals surface area contributed by atoms with Crippen molar-refractivity contribution in [2.24, 2.45) is 13.0 Å². The second-order valence-electron chi connectivity index (χ2n) is 5.71. The second kappa shape index (κ2) is 5.71. The van der Waals surface area contributed by atoms with E-state index in [1.807, 2.05) is 30.2 Å². The monoisotopic (exact) mass is 271 g/mol. The van der Waals surface area contributed by atoms with Crippen molar-refractivity contribution in [1.82, 2.24) is 24.6 Å². The molecular formula is C15H21N5. The SMILES string of the molecule is CN1CCC[C@@H](Cc2cncc(-c3ccnn3C)n2)C1. The summed E-state index contributed by atoms with van der Waals surface area (Å²) >= 11 is 0. The number of aromatic nitrogens is 4. The summed E-state index contributed by atoms with van der Waals surface area (Å²) < 4.78 is 1.84. The molecule has 3 rings (SSSR count). The van der Waals surface area contributed by atoms with Crippen molar-refractivity contribution in [2.45, 2.75) is 19.3 Å². The zero-order chi connectivity index (χ0) is 13.9. The summed E-state index contributed by atoms with van der Waals surface area (Å²) in [5, 5.41) is 4.19. The number of nitrogens with zero attached hydrogens (tertiary/aromatic N) is 5. The molecule has 0 spiro atoms. The first-order valence-electron chi connectivity index (χ1n) is 7.20. The first kappa shape index (κ1) is 13.2. The zero-order valence-corrected chi connectivity index (χ0v) is 12.2. The number of piperidine rings is 1. The maximum atomic E-state index is 4.75. The van der Waals surface area contributed by atoms with E-state index < -0.39 is 0 Å². The fourth-order valence-corrected chi connectivity index (χ4v) is 2.99. The fraction of sp³-hybridized carbons (Fsp3) is 0.533. The lowest BCUT2D eigenvalue weighted by molar-refractivity contribution is 0.208. The molecule has 106 valence electrons. The average molecular weight is 271 g/mol. The predicted octanol–water partition coefficient (Wildman–Crippen LogP) is 1.76. The van der Waals surface area contributed by atoms with Gasteiger partial charge in [0.1, 0.15) is 5.69 Å². The van der Waals surface area contributed by atoms with E-state index in [0.29, 0.717) is 5.92 Å². The Hall–Kier alpha value is -1.75. The van der Waals surface area contributed by atoms with Crippen LogP contribution in [0.25, 0.3) is 11.4 Å². The van der Waals surface area contributed by atoms with Gasteiger partial charge in [0.2, 0.25) is 0 Å². The Labute approximate surface area is 119 Å². The van der Waals surface area contributed by atoms with Crippen LogP contribution in [0, 0.1) is 5.92 Å². The van der Waals surface area contributed by atoms with Gasteiger partial charge < -0.3 is 4.90 Å². The lowest BCUT2D eigenvalue weighted by Crippen LogP contribution is -2.33. The van der Waals surface area contributed by atoms with Gasteiger partial charge in [-0.1, -0.05) is 0 Å². The topological polar surface area (TPSA) is 46.8 Å². The maximum Gasteiger partial charge on any atom is 0.107 e. The first-order chi connectivity index (χ1) is 9.72. The lowest BCUT2D eigenvalue weighted by atomic mass is 9.94. The Balaban J connectivity index is 1.76. The highest BCUT2D eigenvalue weighted by molar-refractivity contribution is 5.52. The molecule has 0 radical (unpaired) electrons. The summed E-state index contributed by atoms with van der Waals surface area (Å²) in [4.78, 5) is 11.5. The molecule has 20 heavy (non-hydrogen) atoms. The molecule has 2 aromatic rings. The molecule has 1 atom stereocenters. The van der Waals surface area contributed by atoms with E-state index >= 15 is 0 Å². The van der Waals surface area contributed by atoms with Crippen molar-refractivity contribution < 1.29 is 0 Å². The van der Waals surface area contributed by atoms with Crippen molar-refractivity contribution in [1.29, 1.82) is 0 Å². The number of likely N-dealkylation sites (tertiary alicyclic amines) is 1. The third kappa shape index (κ3) is 2.88. The summed E-state index contributed by atoms with van der Waals surface area (Å²) in [5.41, 5.74) is 3.01. The summed E-state index contributed by atoms with van der Waals surface area (Å²) in [6.07, 6.45) is 9.10. The number of rotatable bonds is 3. The van der Waals surface area contributed by atoms with Gasteiger partial charge in [-0.05, 0) is 44.8 Å². The third-order valence-corrected chi connectivity index (χ3v) is 3.99. The van der Waals surface area contributed by atoms with Crippen LogP contribution in [0.5, 0.6) is 0 Å². The Morgan fingerprint density at radius 1 is 1.30 bits per heavy atom. The molecule has 5 nitrogen and oxygen atoms in total. The van der Waals surface area contributed by atoms with Gasteiger partial charge in [-0.25, -0.2) is 4.98 Å². The highest BCUT2D eigenvalue weighted by Crippen LogP contribution is 2.20. The van der Waals surface area contributed by atoms with Crippen LogP contribution in [0.1, 0.15) is 18.5 Å². The Morgan fingerprint density at radius 2 is 2.20 bits per heavy atom. The minimum atomic E-state index is 0.699. The van der Waals surface area contributed by atoms with Crippen molar-refractivity contribution >= 4 is 0 Å². The molecular weight excluding hydrogens is 250 g/mol. The molecule has 0 aromatic carbocycles. The molecule has 1 saturated heterocycles. The van der Waals surface area contributed by atoms with Crippen molar-refractivity contribution in [2.75, 3.05) is 20.1 Å². The van der Waals surface area contributed by atoms with Crippen LogP contribution in [0.4, 0.5) is 0 Å². The van der Waals surface area contributed by atoms with Crippen LogP contribution < -0.4 is 0 Å². The van der Waals surface area contributed by atoms with Crippen LogP contribution >= 0.6 is 0 Å². The zero-order valence-electron chi connectivity index (χ0n) is 12.2. The number of aryl methyl sites for hydroxylation is 1. The molecule has 2 aromatic heterocycles. The van der Waals surface area contributed by atoms with Crippen molar-refractivity contribution in [3.8, 4) is 11.4 Å². The van der Waals surface area contributed by atoms with Crippen LogP contribution in [-0.4, -0.2) is 44.8 Å². The average Bonchev–Trinajstić information content (AvgIpc) is 2.85. The van der Waals surface area contributed by atoms with E-state index in [2.05, 4.69) is 22.0 Å². The van der Waals surface area contributed by atoms with Gasteiger partial charge in [0.15, 0.2) is 0 Å². The molecule has 0 saturated carbocycles. The minimum Gasteiger partial charge on any atom is -0.306 e. The molecule has 0 aliphatic carbocycles. The Morgan fingerprint density at radius 3 is 2.95 bits per heavy atom. The van der Waals surface area contributed by atoms with E-state index in [9.17, 15) is 0 Å². The third-order valence-electron chi connectivity index (χ3n) is 3.99. The van der Waals surface area contributed by atoms with Crippen LogP contribution in [0.3, 0.4) is 0 Å². The van der Waals surface area contributed by atoms with E-state index in [0.717, 1.165) is 30.0 Å². The van der Waals surface area contributed by atoms with Crippen LogP contribution in [-0.2, 0) is 13.5 Å². The van der Waals surface area contributed by atoms with Crippen LogP contribution in [0.2, 0.25) is 0 Å². The second-order valence-corrected chi connectivity index (χ2v) is 5.71. The smallest absolute Gasteiger partial charge is 0.107 e. The lowest BCUT2D eigenvalue weighted by Gasteiger charge is -2.29. The van der Waals surface area contributed by atoms with E-state index in [4.69, 9.17) is 4.98 Å². The summed E-state index contributed by atoms with van der Waals surface area (Å²) in [5.74, 6) is 0.699. The molecule has 1 aliphatic heterocycles. The summed E-state index contributed by atoms with van der Waals surface area (Å²) in [6, 6.07) is 1.97. The molecule has 3 heterocycles. The molecule has 0 bridgehead atoms. The van der Waals surface area contributed by atoms with Gasteiger partial charge in [-0.2, -0.15) is 5.10 Å². The normalized spacial score (nSPS) is 20.2. The van der Waals surface area contributed by atoms with Gasteiger partial charge in [0, 0.05) is 26.0 Å². The van der Waals surface area contributed by atoms with Gasteiger partial charge in [-0.3, -0.25) is 9.67 Å². The highest BCUT2D eigenvalue weighted by Gasteiger charge is 2.18. The standard InChI is InChI=1S/C15H21N5/c1-19-7-3-4-12(11-19)8-13-9-16-10-14(18-13)15-5-6-17-20(15)2/h5-6,9-10,12H,3-4,7-8,11H2,1-2H3/t12-/m0/s1. The van der Waals surface area contributed by atoms with Crippen LogP contribution in [0.15, 0.2) is 24.7 Å². The number of hydrogen-bond acceptors (Lipinski definition) is 4. The molecule has 1 fully saturated rings. The number of hydrogen-bond donors (Lipinski definition) is 0. The van der Waals surface area contributed by atoms with E-state index in [-0.39, 0.29) is 0 Å². The molecule has 0 unspecified atom stereocenters. The molecule has 0 amide bonds. The summed E-state index contributed by atoms with van der Waals surface area (Å²) in [6.45, 7) is 2.38. The maximum absolute atomic E-state index is 4.75. The van der Waals surface area contributed by atoms with Gasteiger partial charge in [0.25, 0.3) is 0 Å². The Kier molecular flexibility index (Phi) is 3.78. The summed E-state index contributed by atoms with van der Waals surface area (Å²) in [7, 11) is 4.13. The minimum absolute atomic E-state index is 0.699. The van der Waals surface area contributed by atoms with E-state index in [1.165, 1.54) is 19.4 Å². The molecule has 1 aliphatic rings. The van der Waals surface area contributed by atoms with Crippen molar-refractivity contribution in [3.63, 3.8) is 0 Å².